The predicted octanol–water partition coefficient (Wildman–Crippen LogP) is 3.65. The summed E-state index contributed by atoms with van der Waals surface area (Å²) in [6, 6.07) is 8.99. The van der Waals surface area contributed by atoms with Gasteiger partial charge in [0.05, 0.1) is 28.4 Å². The van der Waals surface area contributed by atoms with Crippen LogP contribution in [-0.2, 0) is 4.79 Å². The molecule has 34 heavy (non-hydrogen) atoms. The van der Waals surface area contributed by atoms with Crippen LogP contribution in [0, 0.1) is 5.92 Å². The highest BCUT2D eigenvalue weighted by atomic mass is 16.2. The van der Waals surface area contributed by atoms with Crippen LogP contribution in [0.5, 0.6) is 0 Å². The molecule has 5 aromatic rings. The molecule has 0 aliphatic carbocycles. The van der Waals surface area contributed by atoms with Gasteiger partial charge < -0.3 is 16.0 Å². The maximum absolute atomic E-state index is 12.1. The van der Waals surface area contributed by atoms with Crippen molar-refractivity contribution in [3.63, 3.8) is 0 Å². The van der Waals surface area contributed by atoms with Crippen molar-refractivity contribution in [3.05, 3.63) is 54.5 Å². The van der Waals surface area contributed by atoms with Crippen molar-refractivity contribution >= 4 is 39.6 Å². The maximum Gasteiger partial charge on any atom is 0.250 e. The van der Waals surface area contributed by atoms with Gasteiger partial charge in [-0.15, -0.1) is 0 Å². The fraction of sp³-hybridized carbons (Fsp3) is 0.167. The number of H-pyrrole nitrogens is 2. The number of nitrogens with zero attached hydrogens (tertiary/aromatic N) is 4. The second-order valence-electron chi connectivity index (χ2n) is 8.45. The summed E-state index contributed by atoms with van der Waals surface area (Å²) in [4.78, 5) is 40.5. The van der Waals surface area contributed by atoms with Crippen LogP contribution in [0.25, 0.3) is 44.7 Å². The first-order valence-electron chi connectivity index (χ1n) is 10.8. The molecular weight excluding hydrogens is 432 g/mol. The zero-order valence-electron chi connectivity index (χ0n) is 18.6. The van der Waals surface area contributed by atoms with Crippen molar-refractivity contribution in [1.82, 2.24) is 30.1 Å². The molecule has 0 bridgehead atoms. The van der Waals surface area contributed by atoms with Crippen molar-refractivity contribution in [3.8, 4) is 22.6 Å². The second-order valence-corrected chi connectivity index (χ2v) is 8.45. The quantitative estimate of drug-likeness (QED) is 0.307. The summed E-state index contributed by atoms with van der Waals surface area (Å²) in [7, 11) is 0. The number of carbonyl (C=O) groups is 2. The standard InChI is InChI=1S/C24H22N8O2/c1-12(2)6-19(33)28-15-7-13(9-26-11-15)14-8-17-21(31-32-23(17)27-10-14)24-29-18-5-3-4-16(22(25)34)20(18)30-24/h3-5,7-12H,6H2,1-2H3,(H2,25,34)(H,28,33)(H,29,30)(H,27,31,32). The van der Waals surface area contributed by atoms with E-state index in [-0.39, 0.29) is 11.8 Å². The molecule has 0 atom stereocenters. The van der Waals surface area contributed by atoms with Crippen LogP contribution in [0.4, 0.5) is 5.69 Å². The van der Waals surface area contributed by atoms with Crippen molar-refractivity contribution in [2.24, 2.45) is 11.7 Å². The number of benzene rings is 1. The van der Waals surface area contributed by atoms with Gasteiger partial charge in [0.2, 0.25) is 5.91 Å². The lowest BCUT2D eigenvalue weighted by Crippen LogP contribution is -2.13. The molecule has 0 aliphatic rings. The van der Waals surface area contributed by atoms with Crippen LogP contribution in [-0.4, -0.2) is 41.9 Å². The average Bonchev–Trinajstić information content (AvgIpc) is 3.41. The first-order valence-corrected chi connectivity index (χ1v) is 10.8. The third-order valence-corrected chi connectivity index (χ3v) is 5.37. The number of hydrogen-bond acceptors (Lipinski definition) is 6. The molecule has 0 unspecified atom stereocenters. The number of primary amides is 1. The summed E-state index contributed by atoms with van der Waals surface area (Å²) in [5, 5.41) is 10.9. The van der Waals surface area contributed by atoms with Crippen LogP contribution in [0.15, 0.2) is 48.9 Å². The van der Waals surface area contributed by atoms with Crippen molar-refractivity contribution in [2.75, 3.05) is 5.32 Å². The number of carbonyl (C=O) groups excluding carboxylic acids is 2. The van der Waals surface area contributed by atoms with E-state index in [1.165, 1.54) is 0 Å². The number of imidazole rings is 1. The number of nitrogens with two attached hydrogens (primary N) is 1. The molecule has 4 heterocycles. The van der Waals surface area contributed by atoms with Crippen molar-refractivity contribution in [1.29, 1.82) is 0 Å². The summed E-state index contributed by atoms with van der Waals surface area (Å²) in [5.74, 6) is 0.147. The molecule has 170 valence electrons. The molecule has 1 aromatic carbocycles. The van der Waals surface area contributed by atoms with E-state index in [9.17, 15) is 9.59 Å². The fourth-order valence-corrected chi connectivity index (χ4v) is 3.83. The molecule has 10 heteroatoms. The molecule has 4 aromatic heterocycles. The Morgan fingerprint density at radius 2 is 1.94 bits per heavy atom. The number of aromatic amines is 2. The Labute approximate surface area is 194 Å². The third-order valence-electron chi connectivity index (χ3n) is 5.37. The summed E-state index contributed by atoms with van der Waals surface area (Å²) in [6.45, 7) is 3.99. The van der Waals surface area contributed by atoms with Gasteiger partial charge in [0.1, 0.15) is 11.2 Å². The van der Waals surface area contributed by atoms with Gasteiger partial charge in [-0.05, 0) is 30.2 Å². The Bertz CT molecular complexity index is 1550. The monoisotopic (exact) mass is 454 g/mol. The molecule has 2 amide bonds. The number of para-hydroxylation sites is 1. The summed E-state index contributed by atoms with van der Waals surface area (Å²) >= 11 is 0. The molecule has 5 N–H and O–H groups in total. The smallest absolute Gasteiger partial charge is 0.250 e. The minimum absolute atomic E-state index is 0.0557. The zero-order chi connectivity index (χ0) is 23.8. The van der Waals surface area contributed by atoms with Gasteiger partial charge in [0.25, 0.3) is 5.91 Å². The van der Waals surface area contributed by atoms with Gasteiger partial charge >= 0.3 is 0 Å². The molecule has 10 nitrogen and oxygen atoms in total. The fourth-order valence-electron chi connectivity index (χ4n) is 3.83. The van der Waals surface area contributed by atoms with Gasteiger partial charge in [0.15, 0.2) is 11.5 Å². The SMILES string of the molecule is CC(C)CC(=O)Nc1cncc(-c2cnc3[nH]nc(-c4nc5c(C(N)=O)cccc5[nH]4)c3c2)c1. The average molecular weight is 454 g/mol. The maximum atomic E-state index is 12.1. The molecular formula is C24H22N8O2. The highest BCUT2D eigenvalue weighted by Gasteiger charge is 2.17. The van der Waals surface area contributed by atoms with Crippen molar-refractivity contribution in [2.45, 2.75) is 20.3 Å². The Kier molecular flexibility index (Phi) is 5.25. The minimum Gasteiger partial charge on any atom is -0.366 e. The van der Waals surface area contributed by atoms with Crippen LogP contribution in [0.2, 0.25) is 0 Å². The molecule has 0 fully saturated rings. The molecule has 0 spiro atoms. The van der Waals surface area contributed by atoms with E-state index in [1.807, 2.05) is 32.0 Å². The Morgan fingerprint density at radius 3 is 2.74 bits per heavy atom. The summed E-state index contributed by atoms with van der Waals surface area (Å²) in [5.41, 5.74) is 10.4. The van der Waals surface area contributed by atoms with Crippen LogP contribution >= 0.6 is 0 Å². The molecule has 0 saturated heterocycles. The predicted molar refractivity (Wildman–Crippen MR) is 129 cm³/mol. The lowest BCUT2D eigenvalue weighted by atomic mass is 10.1. The largest absolute Gasteiger partial charge is 0.366 e. The summed E-state index contributed by atoms with van der Waals surface area (Å²) < 4.78 is 0. The number of anilines is 1. The van der Waals surface area contributed by atoms with E-state index in [4.69, 9.17) is 5.73 Å². The van der Waals surface area contributed by atoms with E-state index >= 15 is 0 Å². The van der Waals surface area contributed by atoms with E-state index in [0.717, 1.165) is 16.5 Å². The third kappa shape index (κ3) is 3.96. The lowest BCUT2D eigenvalue weighted by molar-refractivity contribution is -0.116. The van der Waals surface area contributed by atoms with Crippen molar-refractivity contribution < 1.29 is 9.59 Å². The number of pyridine rings is 2. The van der Waals surface area contributed by atoms with Crippen LogP contribution < -0.4 is 11.1 Å². The highest BCUT2D eigenvalue weighted by Crippen LogP contribution is 2.30. The Balaban J connectivity index is 1.53. The second kappa shape index (κ2) is 8.39. The minimum atomic E-state index is -0.549. The van der Waals surface area contributed by atoms with E-state index in [2.05, 4.69) is 35.5 Å². The van der Waals surface area contributed by atoms with Gasteiger partial charge in [-0.3, -0.25) is 19.7 Å². The summed E-state index contributed by atoms with van der Waals surface area (Å²) in [6.07, 6.45) is 5.47. The number of fused-ring (bicyclic) bond motifs is 2. The van der Waals surface area contributed by atoms with E-state index < -0.39 is 5.91 Å². The topological polar surface area (TPSA) is 155 Å². The van der Waals surface area contributed by atoms with Crippen LogP contribution in [0.3, 0.4) is 0 Å². The number of hydrogen-bond donors (Lipinski definition) is 4. The molecule has 5 rings (SSSR count). The zero-order valence-corrected chi connectivity index (χ0v) is 18.6. The van der Waals surface area contributed by atoms with Gasteiger partial charge in [-0.1, -0.05) is 19.9 Å². The Hall–Kier alpha value is -4.60. The number of nitrogens with one attached hydrogen (secondary N) is 3. The number of rotatable bonds is 6. The molecule has 0 aliphatic heterocycles. The van der Waals surface area contributed by atoms with Gasteiger partial charge in [-0.25, -0.2) is 9.97 Å². The molecule has 0 radical (unpaired) electrons. The van der Waals surface area contributed by atoms with E-state index in [0.29, 0.717) is 45.9 Å². The van der Waals surface area contributed by atoms with Gasteiger partial charge in [0, 0.05) is 29.9 Å². The number of amides is 2. The first-order chi connectivity index (χ1) is 16.4. The normalized spacial score (nSPS) is 11.4. The Morgan fingerprint density at radius 1 is 1.12 bits per heavy atom. The highest BCUT2D eigenvalue weighted by molar-refractivity contribution is 6.05. The number of aromatic nitrogens is 6. The van der Waals surface area contributed by atoms with Gasteiger partial charge in [-0.2, -0.15) is 5.10 Å². The van der Waals surface area contributed by atoms with E-state index in [1.54, 1.807) is 30.7 Å². The lowest BCUT2D eigenvalue weighted by Gasteiger charge is -2.08. The molecule has 0 saturated carbocycles. The van der Waals surface area contributed by atoms with Crippen LogP contribution in [0.1, 0.15) is 30.6 Å². The first kappa shape index (κ1) is 21.3.